The van der Waals surface area contributed by atoms with Gasteiger partial charge >= 0.3 is 0 Å². The first-order chi connectivity index (χ1) is 10.7. The highest BCUT2D eigenvalue weighted by atomic mass is 16.6. The average Bonchev–Trinajstić information content (AvgIpc) is 2.52. The summed E-state index contributed by atoms with van der Waals surface area (Å²) in [6.07, 6.45) is 0.398. The molecule has 22 heavy (non-hydrogen) atoms. The Bertz CT molecular complexity index is 375. The van der Waals surface area contributed by atoms with Crippen molar-refractivity contribution >= 4 is 6.29 Å². The van der Waals surface area contributed by atoms with Crippen LogP contribution in [0.4, 0.5) is 0 Å². The Labute approximate surface area is 130 Å². The van der Waals surface area contributed by atoms with Crippen molar-refractivity contribution in [1.82, 2.24) is 0 Å². The Hall–Kier alpha value is -1.18. The third-order valence-electron chi connectivity index (χ3n) is 3.51. The molecule has 5 unspecified atom stereocenters. The number of hydrogen-bond acceptors (Lipinski definition) is 6. The van der Waals surface area contributed by atoms with E-state index in [2.05, 4.69) is 10.0 Å². The van der Waals surface area contributed by atoms with Crippen molar-refractivity contribution in [3.63, 3.8) is 0 Å². The summed E-state index contributed by atoms with van der Waals surface area (Å²) in [6, 6.07) is -0.940. The highest BCUT2D eigenvalue weighted by Crippen LogP contribution is 2.27. The molecule has 8 nitrogen and oxygen atoms in total. The average molecular weight is 315 g/mol. The number of rotatable bonds is 10. The molecule has 0 bridgehead atoms. The van der Waals surface area contributed by atoms with Crippen LogP contribution in [0.2, 0.25) is 0 Å². The van der Waals surface area contributed by atoms with Gasteiger partial charge in [0, 0.05) is 18.1 Å². The molecule has 1 aliphatic heterocycles. The van der Waals surface area contributed by atoms with Crippen LogP contribution in [-0.2, 0) is 19.0 Å². The Morgan fingerprint density at radius 1 is 1.23 bits per heavy atom. The molecule has 0 amide bonds. The van der Waals surface area contributed by atoms with Crippen molar-refractivity contribution < 1.29 is 24.1 Å². The van der Waals surface area contributed by atoms with Gasteiger partial charge in [-0.1, -0.05) is 31.8 Å². The smallest absolute Gasteiger partial charge is 0.166 e. The third-order valence-corrected chi connectivity index (χ3v) is 3.51. The van der Waals surface area contributed by atoms with Gasteiger partial charge in [0.15, 0.2) is 12.6 Å². The minimum atomic E-state index is -1.39. The van der Waals surface area contributed by atoms with Crippen LogP contribution in [0.15, 0.2) is 5.11 Å². The summed E-state index contributed by atoms with van der Waals surface area (Å²) in [7, 11) is 0. The molecule has 1 saturated heterocycles. The van der Waals surface area contributed by atoms with E-state index >= 15 is 0 Å². The van der Waals surface area contributed by atoms with E-state index in [1.807, 2.05) is 13.8 Å². The molecule has 8 heteroatoms. The number of aliphatic hydroxyl groups is 1. The van der Waals surface area contributed by atoms with Crippen molar-refractivity contribution in [2.75, 3.05) is 13.2 Å². The Morgan fingerprint density at radius 2 is 1.82 bits per heavy atom. The van der Waals surface area contributed by atoms with Crippen LogP contribution in [0, 0.1) is 0 Å². The van der Waals surface area contributed by atoms with Crippen molar-refractivity contribution in [1.29, 1.82) is 0 Å². The number of carbonyl (C=O) groups excluding carboxylic acids is 1. The summed E-state index contributed by atoms with van der Waals surface area (Å²) in [4.78, 5) is 13.9. The number of nitrogens with zero attached hydrogens (tertiary/aromatic N) is 3. The van der Waals surface area contributed by atoms with Crippen molar-refractivity contribution in [2.45, 2.75) is 70.2 Å². The molecule has 1 rings (SSSR count). The van der Waals surface area contributed by atoms with Gasteiger partial charge in [0.05, 0.1) is 0 Å². The van der Waals surface area contributed by atoms with Crippen molar-refractivity contribution in [3.8, 4) is 0 Å². The number of azide groups is 1. The summed E-state index contributed by atoms with van der Waals surface area (Å²) in [6.45, 7) is 4.93. The molecule has 0 aromatic heterocycles. The summed E-state index contributed by atoms with van der Waals surface area (Å²) >= 11 is 0. The normalized spacial score (nSPS) is 31.5. The molecule has 1 fully saturated rings. The van der Waals surface area contributed by atoms with Crippen LogP contribution in [0.1, 0.15) is 39.5 Å². The van der Waals surface area contributed by atoms with Gasteiger partial charge in [0.1, 0.15) is 24.4 Å². The maximum absolute atomic E-state index is 11.2. The van der Waals surface area contributed by atoms with Gasteiger partial charge in [-0.25, -0.2) is 0 Å². The minimum absolute atomic E-state index is 0.435. The molecule has 126 valence electrons. The first-order valence-corrected chi connectivity index (χ1v) is 7.75. The van der Waals surface area contributed by atoms with Crippen LogP contribution >= 0.6 is 0 Å². The molecule has 0 saturated carbocycles. The standard InChI is InChI=1S/C14H25N3O5/c1-3-5-7-20-12-10(9-18)22-14(19)11(16-17-15)13(12)21-8-6-4-2/h9-14,19H,3-8H2,1-2H3. The van der Waals surface area contributed by atoms with Crippen molar-refractivity contribution in [3.05, 3.63) is 10.4 Å². The van der Waals surface area contributed by atoms with Gasteiger partial charge < -0.3 is 24.1 Å². The highest BCUT2D eigenvalue weighted by Gasteiger charge is 2.46. The van der Waals surface area contributed by atoms with Crippen LogP contribution in [0.3, 0.4) is 0 Å². The van der Waals surface area contributed by atoms with Gasteiger partial charge in [-0.2, -0.15) is 0 Å². The predicted molar refractivity (Wildman–Crippen MR) is 79.2 cm³/mol. The molecular weight excluding hydrogens is 290 g/mol. The van der Waals surface area contributed by atoms with E-state index in [1.54, 1.807) is 0 Å². The second kappa shape index (κ2) is 10.5. The zero-order chi connectivity index (χ0) is 16.4. The van der Waals surface area contributed by atoms with E-state index in [-0.39, 0.29) is 0 Å². The lowest BCUT2D eigenvalue weighted by Gasteiger charge is -2.41. The predicted octanol–water partition coefficient (Wildman–Crippen LogP) is 1.95. The number of aliphatic hydroxyl groups excluding tert-OH is 1. The summed E-state index contributed by atoms with van der Waals surface area (Å²) in [5, 5.41) is 13.5. The Kier molecular flexibility index (Phi) is 9.03. The lowest BCUT2D eigenvalue weighted by molar-refractivity contribution is -0.251. The number of carbonyl (C=O) groups is 1. The van der Waals surface area contributed by atoms with Crippen LogP contribution < -0.4 is 0 Å². The zero-order valence-electron chi connectivity index (χ0n) is 13.1. The SMILES string of the molecule is CCCCOC1C(C=O)OC(O)C(N=[N+]=[N-])C1OCCCC. The quantitative estimate of drug-likeness (QED) is 0.217. The first-order valence-electron chi connectivity index (χ1n) is 7.75. The number of hydrogen-bond donors (Lipinski definition) is 1. The Balaban J connectivity index is 2.88. The fourth-order valence-corrected chi connectivity index (χ4v) is 2.26. The molecule has 0 aromatic carbocycles. The molecule has 0 aliphatic carbocycles. The van der Waals surface area contributed by atoms with Gasteiger partial charge in [-0.05, 0) is 18.4 Å². The molecular formula is C14H25N3O5. The summed E-state index contributed by atoms with van der Waals surface area (Å²) in [5.41, 5.74) is 8.67. The maximum Gasteiger partial charge on any atom is 0.166 e. The monoisotopic (exact) mass is 315 g/mol. The molecule has 0 radical (unpaired) electrons. The largest absolute Gasteiger partial charge is 0.375 e. The maximum atomic E-state index is 11.2. The zero-order valence-corrected chi connectivity index (χ0v) is 13.1. The van der Waals surface area contributed by atoms with E-state index in [9.17, 15) is 9.90 Å². The topological polar surface area (TPSA) is 114 Å². The lowest BCUT2D eigenvalue weighted by atomic mass is 9.97. The van der Waals surface area contributed by atoms with E-state index in [0.717, 1.165) is 25.7 Å². The van der Waals surface area contributed by atoms with E-state index in [1.165, 1.54) is 0 Å². The van der Waals surface area contributed by atoms with Gasteiger partial charge in [0.2, 0.25) is 0 Å². The number of unbranched alkanes of at least 4 members (excludes halogenated alkanes) is 2. The van der Waals surface area contributed by atoms with Crippen LogP contribution in [0.25, 0.3) is 10.4 Å². The molecule has 1 heterocycles. The molecule has 1 aliphatic rings. The number of aldehydes is 1. The Morgan fingerprint density at radius 3 is 2.32 bits per heavy atom. The van der Waals surface area contributed by atoms with Gasteiger partial charge in [-0.15, -0.1) is 0 Å². The molecule has 1 N–H and O–H groups in total. The minimum Gasteiger partial charge on any atom is -0.375 e. The molecule has 0 aromatic rings. The molecule has 5 atom stereocenters. The van der Waals surface area contributed by atoms with Crippen molar-refractivity contribution in [2.24, 2.45) is 5.11 Å². The summed E-state index contributed by atoms with van der Waals surface area (Å²) < 4.78 is 16.7. The number of ether oxygens (including phenoxy) is 3. The first kappa shape index (κ1) is 18.9. The fraction of sp³-hybridized carbons (Fsp3) is 0.929. The lowest BCUT2D eigenvalue weighted by Crippen LogP contribution is -2.59. The third kappa shape index (κ3) is 5.23. The second-order valence-corrected chi connectivity index (χ2v) is 5.20. The van der Waals surface area contributed by atoms with Crippen LogP contribution in [0.5, 0.6) is 0 Å². The second-order valence-electron chi connectivity index (χ2n) is 5.20. The van der Waals surface area contributed by atoms with Gasteiger partial charge in [-0.3, -0.25) is 0 Å². The van der Waals surface area contributed by atoms with E-state index < -0.39 is 30.6 Å². The highest BCUT2D eigenvalue weighted by molar-refractivity contribution is 5.57. The van der Waals surface area contributed by atoms with Crippen LogP contribution in [-0.4, -0.2) is 55.3 Å². The van der Waals surface area contributed by atoms with E-state index in [4.69, 9.17) is 19.7 Å². The van der Waals surface area contributed by atoms with Gasteiger partial charge in [0.25, 0.3) is 0 Å². The van der Waals surface area contributed by atoms with E-state index in [0.29, 0.717) is 19.5 Å². The fourth-order valence-electron chi connectivity index (χ4n) is 2.26. The molecule has 0 spiro atoms. The summed E-state index contributed by atoms with van der Waals surface area (Å²) in [5.74, 6) is 0.